The number of rotatable bonds is 4. The average molecular weight is 328 g/mol. The first kappa shape index (κ1) is 16.6. The molecule has 1 fully saturated rings. The standard InChI is InChI=1S/C19H24N2O3/c1-12(2)19(18(23)24)7-8-21(11-19)16(22)9-14-10-20-15-6-4-5-13(3)17(14)15/h4-6,10,12,20H,7-9,11H2,1-3H3,(H,23,24). The van der Waals surface area contributed by atoms with Gasteiger partial charge in [-0.15, -0.1) is 0 Å². The van der Waals surface area contributed by atoms with Crippen LogP contribution in [0.25, 0.3) is 10.9 Å². The minimum absolute atomic E-state index is 0.00271. The molecule has 2 heterocycles. The molecule has 2 aromatic rings. The van der Waals surface area contributed by atoms with E-state index >= 15 is 0 Å². The molecule has 0 bridgehead atoms. The van der Waals surface area contributed by atoms with Crippen molar-refractivity contribution in [2.75, 3.05) is 13.1 Å². The minimum atomic E-state index is -0.814. The van der Waals surface area contributed by atoms with Gasteiger partial charge >= 0.3 is 5.97 Å². The second kappa shape index (κ2) is 5.96. The fourth-order valence-electron chi connectivity index (χ4n) is 3.80. The topological polar surface area (TPSA) is 73.4 Å². The first-order chi connectivity index (χ1) is 11.3. The fourth-order valence-corrected chi connectivity index (χ4v) is 3.80. The normalized spacial score (nSPS) is 20.9. The number of nitrogens with one attached hydrogen (secondary N) is 1. The molecule has 5 nitrogen and oxygen atoms in total. The fraction of sp³-hybridized carbons (Fsp3) is 0.474. The molecule has 1 aliphatic heterocycles. The number of likely N-dealkylation sites (tertiary alicyclic amines) is 1. The van der Waals surface area contributed by atoms with Crippen molar-refractivity contribution in [3.63, 3.8) is 0 Å². The van der Waals surface area contributed by atoms with E-state index in [-0.39, 0.29) is 11.8 Å². The number of carbonyl (C=O) groups is 2. The highest BCUT2D eigenvalue weighted by molar-refractivity contribution is 5.91. The summed E-state index contributed by atoms with van der Waals surface area (Å²) in [4.78, 5) is 29.4. The van der Waals surface area contributed by atoms with Crippen LogP contribution in [0.1, 0.15) is 31.4 Å². The summed E-state index contributed by atoms with van der Waals surface area (Å²) in [6.45, 7) is 6.70. The van der Waals surface area contributed by atoms with E-state index in [9.17, 15) is 14.7 Å². The highest BCUT2D eigenvalue weighted by atomic mass is 16.4. The molecular formula is C19H24N2O3. The molecule has 0 aliphatic carbocycles. The van der Waals surface area contributed by atoms with Gasteiger partial charge in [0.1, 0.15) is 0 Å². The summed E-state index contributed by atoms with van der Waals surface area (Å²) in [5.41, 5.74) is 2.33. The van der Waals surface area contributed by atoms with Gasteiger partial charge in [-0.25, -0.2) is 0 Å². The maximum absolute atomic E-state index is 12.7. The van der Waals surface area contributed by atoms with Gasteiger partial charge in [0.15, 0.2) is 0 Å². The van der Waals surface area contributed by atoms with Gasteiger partial charge in [-0.3, -0.25) is 9.59 Å². The van der Waals surface area contributed by atoms with Crippen LogP contribution < -0.4 is 0 Å². The highest BCUT2D eigenvalue weighted by Gasteiger charge is 2.48. The van der Waals surface area contributed by atoms with Crippen LogP contribution in [0.2, 0.25) is 0 Å². The summed E-state index contributed by atoms with van der Waals surface area (Å²) < 4.78 is 0. The Morgan fingerprint density at radius 2 is 2.12 bits per heavy atom. The molecule has 0 radical (unpaired) electrons. The number of carboxylic acids is 1. The average Bonchev–Trinajstić information content (AvgIpc) is 3.13. The Bertz CT molecular complexity index is 793. The zero-order chi connectivity index (χ0) is 17.5. The van der Waals surface area contributed by atoms with Crippen LogP contribution in [-0.2, 0) is 16.0 Å². The molecule has 1 saturated heterocycles. The summed E-state index contributed by atoms with van der Waals surface area (Å²) in [6.07, 6.45) is 2.72. The van der Waals surface area contributed by atoms with Gasteiger partial charge in [-0.05, 0) is 36.5 Å². The lowest BCUT2D eigenvalue weighted by atomic mass is 9.76. The van der Waals surface area contributed by atoms with Crippen molar-refractivity contribution in [3.05, 3.63) is 35.5 Å². The maximum Gasteiger partial charge on any atom is 0.311 e. The first-order valence-corrected chi connectivity index (χ1v) is 8.42. The SMILES string of the molecule is Cc1cccc2[nH]cc(CC(=O)N3CCC(C(=O)O)(C(C)C)C3)c12. The number of H-pyrrole nitrogens is 1. The number of aromatic nitrogens is 1. The van der Waals surface area contributed by atoms with E-state index in [2.05, 4.69) is 4.98 Å². The molecule has 1 aromatic carbocycles. The molecule has 1 unspecified atom stereocenters. The lowest BCUT2D eigenvalue weighted by Gasteiger charge is -2.28. The highest BCUT2D eigenvalue weighted by Crippen LogP contribution is 2.38. The Labute approximate surface area is 141 Å². The van der Waals surface area contributed by atoms with Crippen LogP contribution in [0.5, 0.6) is 0 Å². The summed E-state index contributed by atoms with van der Waals surface area (Å²) in [6, 6.07) is 6.03. The smallest absolute Gasteiger partial charge is 0.311 e. The Morgan fingerprint density at radius 1 is 1.38 bits per heavy atom. The number of amides is 1. The molecule has 1 amide bonds. The van der Waals surface area contributed by atoms with Gasteiger partial charge in [-0.1, -0.05) is 26.0 Å². The van der Waals surface area contributed by atoms with E-state index in [0.29, 0.717) is 25.9 Å². The predicted octanol–water partition coefficient (Wildman–Crippen LogP) is 2.98. The van der Waals surface area contributed by atoms with Crippen LogP contribution in [0.15, 0.2) is 24.4 Å². The van der Waals surface area contributed by atoms with Crippen molar-refractivity contribution in [1.29, 1.82) is 0 Å². The van der Waals surface area contributed by atoms with E-state index in [4.69, 9.17) is 0 Å². The van der Waals surface area contributed by atoms with Gasteiger partial charge in [0.05, 0.1) is 11.8 Å². The molecule has 2 N–H and O–H groups in total. The summed E-state index contributed by atoms with van der Waals surface area (Å²) in [7, 11) is 0. The molecule has 3 rings (SSSR count). The van der Waals surface area contributed by atoms with Gasteiger partial charge < -0.3 is 15.0 Å². The summed E-state index contributed by atoms with van der Waals surface area (Å²) >= 11 is 0. The van der Waals surface area contributed by atoms with Crippen molar-refractivity contribution in [1.82, 2.24) is 9.88 Å². The lowest BCUT2D eigenvalue weighted by molar-refractivity contribution is -0.151. The van der Waals surface area contributed by atoms with Crippen molar-refractivity contribution in [2.24, 2.45) is 11.3 Å². The Morgan fingerprint density at radius 3 is 2.75 bits per heavy atom. The number of aromatic amines is 1. The third-order valence-corrected chi connectivity index (χ3v) is 5.52. The van der Waals surface area contributed by atoms with Gasteiger partial charge in [0.2, 0.25) is 5.91 Å². The number of aliphatic carboxylic acids is 1. The zero-order valence-electron chi connectivity index (χ0n) is 14.4. The number of carbonyl (C=O) groups excluding carboxylic acids is 1. The Hall–Kier alpha value is -2.30. The molecular weight excluding hydrogens is 304 g/mol. The van der Waals surface area contributed by atoms with Crippen LogP contribution in [-0.4, -0.2) is 40.0 Å². The largest absolute Gasteiger partial charge is 0.481 e. The second-order valence-corrected chi connectivity index (χ2v) is 7.17. The van der Waals surface area contributed by atoms with Crippen LogP contribution in [0, 0.1) is 18.3 Å². The molecule has 5 heteroatoms. The van der Waals surface area contributed by atoms with Gasteiger partial charge in [0, 0.05) is 30.2 Å². The third kappa shape index (κ3) is 2.58. The van der Waals surface area contributed by atoms with E-state index < -0.39 is 11.4 Å². The number of carboxylic acid groups (broad SMARTS) is 1. The Balaban J connectivity index is 1.80. The third-order valence-electron chi connectivity index (χ3n) is 5.52. The van der Waals surface area contributed by atoms with Gasteiger partial charge in [0.25, 0.3) is 0 Å². The molecule has 1 atom stereocenters. The Kier molecular flexibility index (Phi) is 4.11. The predicted molar refractivity (Wildman–Crippen MR) is 92.8 cm³/mol. The molecule has 1 aliphatic rings. The van der Waals surface area contributed by atoms with Crippen molar-refractivity contribution in [3.8, 4) is 0 Å². The number of hydrogen-bond donors (Lipinski definition) is 2. The van der Waals surface area contributed by atoms with E-state index in [0.717, 1.165) is 22.0 Å². The summed E-state index contributed by atoms with van der Waals surface area (Å²) in [5.74, 6) is -0.790. The molecule has 24 heavy (non-hydrogen) atoms. The van der Waals surface area contributed by atoms with Crippen molar-refractivity contribution in [2.45, 2.75) is 33.6 Å². The number of hydrogen-bond acceptors (Lipinski definition) is 2. The monoisotopic (exact) mass is 328 g/mol. The summed E-state index contributed by atoms with van der Waals surface area (Å²) in [5, 5.41) is 10.7. The molecule has 0 spiro atoms. The molecule has 1 aromatic heterocycles. The van der Waals surface area contributed by atoms with E-state index in [1.165, 1.54) is 0 Å². The molecule has 0 saturated carbocycles. The van der Waals surface area contributed by atoms with Crippen LogP contribution in [0.3, 0.4) is 0 Å². The van der Waals surface area contributed by atoms with Gasteiger partial charge in [-0.2, -0.15) is 0 Å². The number of fused-ring (bicyclic) bond motifs is 1. The first-order valence-electron chi connectivity index (χ1n) is 8.42. The molecule has 128 valence electrons. The van der Waals surface area contributed by atoms with E-state index in [1.54, 1.807) is 4.90 Å². The quantitative estimate of drug-likeness (QED) is 0.906. The number of nitrogens with zero attached hydrogens (tertiary/aromatic N) is 1. The number of benzene rings is 1. The zero-order valence-corrected chi connectivity index (χ0v) is 14.4. The lowest BCUT2D eigenvalue weighted by Crippen LogP contribution is -2.41. The maximum atomic E-state index is 12.7. The minimum Gasteiger partial charge on any atom is -0.481 e. The van der Waals surface area contributed by atoms with E-state index in [1.807, 2.05) is 45.2 Å². The van der Waals surface area contributed by atoms with Crippen molar-refractivity contribution < 1.29 is 14.7 Å². The van der Waals surface area contributed by atoms with Crippen molar-refractivity contribution >= 4 is 22.8 Å². The van der Waals surface area contributed by atoms with Crippen LogP contribution >= 0.6 is 0 Å². The van der Waals surface area contributed by atoms with Crippen LogP contribution in [0.4, 0.5) is 0 Å². The number of aryl methyl sites for hydroxylation is 1. The second-order valence-electron chi connectivity index (χ2n) is 7.17.